The van der Waals surface area contributed by atoms with Gasteiger partial charge in [-0.25, -0.2) is 4.79 Å². The van der Waals surface area contributed by atoms with Crippen LogP contribution in [0.3, 0.4) is 0 Å². The number of nitrogens with two attached hydrogens (primary N) is 1. The van der Waals surface area contributed by atoms with Crippen LogP contribution in [0.15, 0.2) is 0 Å². The van der Waals surface area contributed by atoms with E-state index in [-0.39, 0.29) is 17.6 Å². The molecule has 0 aliphatic heterocycles. The smallest absolute Gasteiger partial charge is 0.315 e. The number of nitrogens with one attached hydrogen (secondary N) is 2. The lowest BCUT2D eigenvalue weighted by Crippen LogP contribution is -2.50. The fourth-order valence-electron chi connectivity index (χ4n) is 1.10. The van der Waals surface area contributed by atoms with Crippen LogP contribution in [0.5, 0.6) is 0 Å². The second-order valence-electron chi connectivity index (χ2n) is 4.62. The molecule has 0 saturated carbocycles. The van der Waals surface area contributed by atoms with Crippen LogP contribution in [0.4, 0.5) is 4.79 Å². The molecule has 0 aliphatic rings. The number of amides is 2. The molecule has 0 aromatic rings. The topological polar surface area (TPSA) is 67.1 Å². The van der Waals surface area contributed by atoms with E-state index >= 15 is 0 Å². The fraction of sp³-hybridized carbons (Fsp3) is 0.800. The minimum atomic E-state index is -0.231. The summed E-state index contributed by atoms with van der Waals surface area (Å²) in [6, 6.07) is -0.157. The van der Waals surface area contributed by atoms with Gasteiger partial charge in [0, 0.05) is 18.0 Å². The van der Waals surface area contributed by atoms with Gasteiger partial charge in [0.05, 0.1) is 4.99 Å². The third kappa shape index (κ3) is 8.17. The minimum absolute atomic E-state index is 0.0184. The van der Waals surface area contributed by atoms with Gasteiger partial charge in [-0.05, 0) is 27.2 Å². The maximum atomic E-state index is 11.5. The maximum Gasteiger partial charge on any atom is 0.315 e. The van der Waals surface area contributed by atoms with Crippen molar-refractivity contribution in [2.24, 2.45) is 5.73 Å². The molecular formula is C10H21N3OS. The van der Waals surface area contributed by atoms with Crippen molar-refractivity contribution < 1.29 is 4.79 Å². The quantitative estimate of drug-likeness (QED) is 0.643. The minimum Gasteiger partial charge on any atom is -0.393 e. The summed E-state index contributed by atoms with van der Waals surface area (Å²) in [4.78, 5) is 11.9. The lowest BCUT2D eigenvalue weighted by Gasteiger charge is -2.23. The van der Waals surface area contributed by atoms with Gasteiger partial charge in [-0.3, -0.25) is 0 Å². The Labute approximate surface area is 97.0 Å². The van der Waals surface area contributed by atoms with E-state index in [1.165, 1.54) is 0 Å². The van der Waals surface area contributed by atoms with E-state index in [0.717, 1.165) is 6.42 Å². The number of carbonyl (C=O) groups is 1. The number of hydrogen-bond acceptors (Lipinski definition) is 2. The standard InChI is InChI=1S/C10H21N3OS/c1-5-7(6-8(11)15)12-9(14)13-10(2,3)4/h7H,5-6H2,1-4H3,(H2,11,15)(H2,12,13,14). The van der Waals surface area contributed by atoms with E-state index in [1.54, 1.807) is 0 Å². The van der Waals surface area contributed by atoms with Crippen molar-refractivity contribution in [3.8, 4) is 0 Å². The molecule has 0 fully saturated rings. The van der Waals surface area contributed by atoms with Gasteiger partial charge < -0.3 is 16.4 Å². The molecule has 0 saturated heterocycles. The van der Waals surface area contributed by atoms with Crippen molar-refractivity contribution in [1.29, 1.82) is 0 Å². The highest BCUT2D eigenvalue weighted by atomic mass is 32.1. The summed E-state index contributed by atoms with van der Waals surface area (Å²) in [6.07, 6.45) is 1.36. The second kappa shape index (κ2) is 5.90. The predicted octanol–water partition coefficient (Wildman–Crippen LogP) is 1.54. The van der Waals surface area contributed by atoms with Gasteiger partial charge in [-0.2, -0.15) is 0 Å². The highest BCUT2D eigenvalue weighted by molar-refractivity contribution is 7.80. The molecule has 88 valence electrons. The zero-order chi connectivity index (χ0) is 12.1. The summed E-state index contributed by atoms with van der Waals surface area (Å²) in [6.45, 7) is 7.78. The zero-order valence-corrected chi connectivity index (χ0v) is 10.7. The zero-order valence-electron chi connectivity index (χ0n) is 9.89. The van der Waals surface area contributed by atoms with Crippen LogP contribution in [0.2, 0.25) is 0 Å². The first-order chi connectivity index (χ1) is 6.74. The Kier molecular flexibility index (Phi) is 5.57. The fourth-order valence-corrected chi connectivity index (χ4v) is 1.30. The van der Waals surface area contributed by atoms with Crippen LogP contribution in [0, 0.1) is 0 Å². The lowest BCUT2D eigenvalue weighted by atomic mass is 10.1. The molecule has 1 atom stereocenters. The number of urea groups is 1. The van der Waals surface area contributed by atoms with Gasteiger partial charge in [0.1, 0.15) is 0 Å². The first kappa shape index (κ1) is 14.2. The second-order valence-corrected chi connectivity index (χ2v) is 5.15. The molecule has 2 amide bonds. The molecule has 0 aromatic heterocycles. The van der Waals surface area contributed by atoms with E-state index < -0.39 is 0 Å². The molecule has 1 unspecified atom stereocenters. The Morgan fingerprint density at radius 1 is 1.47 bits per heavy atom. The summed E-state index contributed by atoms with van der Waals surface area (Å²) >= 11 is 4.81. The van der Waals surface area contributed by atoms with Crippen LogP contribution >= 0.6 is 12.2 Å². The molecule has 5 heteroatoms. The Morgan fingerprint density at radius 3 is 2.33 bits per heavy atom. The van der Waals surface area contributed by atoms with Gasteiger partial charge in [-0.1, -0.05) is 19.1 Å². The van der Waals surface area contributed by atoms with Gasteiger partial charge >= 0.3 is 6.03 Å². The van der Waals surface area contributed by atoms with Gasteiger partial charge in [0.15, 0.2) is 0 Å². The monoisotopic (exact) mass is 231 g/mol. The van der Waals surface area contributed by atoms with Crippen LogP contribution in [-0.4, -0.2) is 22.6 Å². The maximum absolute atomic E-state index is 11.5. The number of hydrogen-bond donors (Lipinski definition) is 3. The first-order valence-corrected chi connectivity index (χ1v) is 5.52. The largest absolute Gasteiger partial charge is 0.393 e. The van der Waals surface area contributed by atoms with Crippen LogP contribution in [0.25, 0.3) is 0 Å². The molecule has 0 radical (unpaired) electrons. The van der Waals surface area contributed by atoms with E-state index in [0.29, 0.717) is 11.4 Å². The first-order valence-electron chi connectivity index (χ1n) is 5.11. The average molecular weight is 231 g/mol. The molecule has 0 spiro atoms. The SMILES string of the molecule is CCC(CC(N)=S)NC(=O)NC(C)(C)C. The van der Waals surface area contributed by atoms with Crippen LogP contribution in [0.1, 0.15) is 40.5 Å². The number of rotatable bonds is 4. The third-order valence-electron chi connectivity index (χ3n) is 1.76. The highest BCUT2D eigenvalue weighted by Crippen LogP contribution is 2.01. The van der Waals surface area contributed by atoms with Crippen molar-refractivity contribution >= 4 is 23.2 Å². The molecule has 4 N–H and O–H groups in total. The summed E-state index contributed by atoms with van der Waals surface area (Å²) in [5.74, 6) is 0. The van der Waals surface area contributed by atoms with Crippen LogP contribution < -0.4 is 16.4 Å². The molecule has 0 aliphatic carbocycles. The highest BCUT2D eigenvalue weighted by Gasteiger charge is 2.16. The molecule has 0 rings (SSSR count). The molecule has 4 nitrogen and oxygen atoms in total. The summed E-state index contributed by atoms with van der Waals surface area (Å²) in [5, 5.41) is 5.66. The van der Waals surface area contributed by atoms with Gasteiger partial charge in [0.25, 0.3) is 0 Å². The molecule has 0 bridgehead atoms. The number of carbonyl (C=O) groups excluding carboxylic acids is 1. The Morgan fingerprint density at radius 2 is 2.00 bits per heavy atom. The molecule has 0 heterocycles. The molecular weight excluding hydrogens is 210 g/mol. The normalized spacial score (nSPS) is 13.1. The summed E-state index contributed by atoms with van der Waals surface area (Å²) < 4.78 is 0. The van der Waals surface area contributed by atoms with Gasteiger partial charge in [0.2, 0.25) is 0 Å². The van der Waals surface area contributed by atoms with E-state index in [2.05, 4.69) is 10.6 Å². The third-order valence-corrected chi connectivity index (χ3v) is 1.93. The van der Waals surface area contributed by atoms with E-state index in [4.69, 9.17) is 18.0 Å². The van der Waals surface area contributed by atoms with E-state index in [1.807, 2.05) is 27.7 Å². The van der Waals surface area contributed by atoms with Crippen LogP contribution in [-0.2, 0) is 0 Å². The van der Waals surface area contributed by atoms with Crippen molar-refractivity contribution in [1.82, 2.24) is 10.6 Å². The Bertz CT molecular complexity index is 235. The average Bonchev–Trinajstić information content (AvgIpc) is 1.98. The van der Waals surface area contributed by atoms with Crippen molar-refractivity contribution in [2.75, 3.05) is 0 Å². The molecule has 0 aromatic carbocycles. The Balaban J connectivity index is 4.07. The number of thiocarbonyl (C=S) groups is 1. The van der Waals surface area contributed by atoms with Gasteiger partial charge in [-0.15, -0.1) is 0 Å². The van der Waals surface area contributed by atoms with Crippen molar-refractivity contribution in [3.05, 3.63) is 0 Å². The Hall–Kier alpha value is -0.840. The molecule has 15 heavy (non-hydrogen) atoms. The van der Waals surface area contributed by atoms with Crippen molar-refractivity contribution in [2.45, 2.75) is 52.1 Å². The van der Waals surface area contributed by atoms with E-state index in [9.17, 15) is 4.79 Å². The summed E-state index contributed by atoms with van der Waals surface area (Å²) in [7, 11) is 0. The summed E-state index contributed by atoms with van der Waals surface area (Å²) in [5.41, 5.74) is 5.20. The lowest BCUT2D eigenvalue weighted by molar-refractivity contribution is 0.228. The van der Waals surface area contributed by atoms with Crippen molar-refractivity contribution in [3.63, 3.8) is 0 Å². The predicted molar refractivity (Wildman–Crippen MR) is 66.9 cm³/mol.